The third-order valence-electron chi connectivity index (χ3n) is 9.01. The number of nitrogens with zero attached hydrogens (tertiary/aromatic N) is 7. The minimum Gasteiger partial charge on any atom is -0.463 e. The maximum atomic E-state index is 9.54. The fourth-order valence-electron chi connectivity index (χ4n) is 6.55. The highest BCUT2D eigenvalue weighted by atomic mass is 35.5. The fraction of sp³-hybridized carbons (Fsp3) is 0.581. The number of hydrogen-bond donors (Lipinski definition) is 0. The molecule has 1 unspecified atom stereocenters. The van der Waals surface area contributed by atoms with Crippen LogP contribution in [0.1, 0.15) is 50.3 Å². The van der Waals surface area contributed by atoms with Crippen molar-refractivity contribution in [2.45, 2.75) is 58.0 Å². The zero-order valence-corrected chi connectivity index (χ0v) is 25.4. The summed E-state index contributed by atoms with van der Waals surface area (Å²) < 4.78 is 6.44. The largest absolute Gasteiger partial charge is 0.463 e. The Bertz CT molecular complexity index is 1320. The van der Waals surface area contributed by atoms with Gasteiger partial charge < -0.3 is 24.3 Å². The molecule has 0 bridgehead atoms. The molecule has 3 aliphatic heterocycles. The van der Waals surface area contributed by atoms with Gasteiger partial charge in [-0.05, 0) is 70.5 Å². The van der Waals surface area contributed by atoms with E-state index >= 15 is 0 Å². The number of fused-ring (bicyclic) bond motifs is 1. The van der Waals surface area contributed by atoms with Crippen LogP contribution in [0.2, 0.25) is 10.0 Å². The Labute approximate surface area is 253 Å². The lowest BCUT2D eigenvalue weighted by molar-refractivity contribution is 0.169. The van der Waals surface area contributed by atoms with Crippen molar-refractivity contribution in [1.29, 1.82) is 5.26 Å². The Kier molecular flexibility index (Phi) is 8.48. The van der Waals surface area contributed by atoms with Gasteiger partial charge in [0.15, 0.2) is 0 Å². The Morgan fingerprint density at radius 1 is 1.10 bits per heavy atom. The molecule has 1 aromatic carbocycles. The lowest BCUT2D eigenvalue weighted by Crippen LogP contribution is -2.51. The van der Waals surface area contributed by atoms with Crippen molar-refractivity contribution in [3.63, 3.8) is 0 Å². The van der Waals surface area contributed by atoms with E-state index in [4.69, 9.17) is 37.9 Å². The number of piperazine rings is 1. The number of allylic oxidation sites excluding steroid dienone is 1. The molecule has 0 spiro atoms. The predicted molar refractivity (Wildman–Crippen MR) is 164 cm³/mol. The second kappa shape index (κ2) is 12.2. The zero-order valence-electron chi connectivity index (χ0n) is 23.9. The molecule has 10 heteroatoms. The van der Waals surface area contributed by atoms with Crippen molar-refractivity contribution >= 4 is 34.7 Å². The molecule has 2 aromatic rings. The minimum absolute atomic E-state index is 0.112. The molecule has 1 aromatic heterocycles. The molecule has 0 radical (unpaired) electrons. The van der Waals surface area contributed by atoms with Crippen LogP contribution in [0.3, 0.4) is 0 Å². The van der Waals surface area contributed by atoms with Gasteiger partial charge in [-0.1, -0.05) is 35.3 Å². The normalized spacial score (nSPS) is 22.2. The molecule has 41 heavy (non-hydrogen) atoms. The highest BCUT2D eigenvalue weighted by Gasteiger charge is 2.45. The van der Waals surface area contributed by atoms with Gasteiger partial charge in [-0.3, -0.25) is 0 Å². The molecule has 6 rings (SSSR count). The number of hydrogen-bond acceptors (Lipinski definition) is 8. The van der Waals surface area contributed by atoms with Gasteiger partial charge in [-0.15, -0.1) is 0 Å². The smallest absolute Gasteiger partial charge is 0.318 e. The van der Waals surface area contributed by atoms with E-state index in [0.717, 1.165) is 56.3 Å². The second-order valence-corrected chi connectivity index (χ2v) is 12.7. The Morgan fingerprint density at radius 2 is 1.93 bits per heavy atom. The summed E-state index contributed by atoms with van der Waals surface area (Å²) in [4.78, 5) is 19.5. The molecule has 1 aliphatic carbocycles. The summed E-state index contributed by atoms with van der Waals surface area (Å²) in [5.74, 6) is 0.953. The molecule has 2 saturated heterocycles. The van der Waals surface area contributed by atoms with E-state index in [9.17, 15) is 5.26 Å². The summed E-state index contributed by atoms with van der Waals surface area (Å²) in [6, 6.07) is 8.72. The van der Waals surface area contributed by atoms with Crippen molar-refractivity contribution in [2.75, 3.05) is 62.2 Å². The van der Waals surface area contributed by atoms with Crippen molar-refractivity contribution in [3.8, 4) is 12.1 Å². The monoisotopic (exact) mass is 595 g/mol. The first-order chi connectivity index (χ1) is 20.0. The first-order valence-electron chi connectivity index (χ1n) is 14.9. The zero-order chi connectivity index (χ0) is 28.4. The van der Waals surface area contributed by atoms with Gasteiger partial charge in [0, 0.05) is 43.7 Å². The second-order valence-electron chi connectivity index (χ2n) is 12.0. The summed E-state index contributed by atoms with van der Waals surface area (Å²) in [7, 11) is 0. The van der Waals surface area contributed by atoms with Crippen molar-refractivity contribution in [2.24, 2.45) is 5.41 Å². The van der Waals surface area contributed by atoms with Gasteiger partial charge in [0.2, 0.25) is 0 Å². The standard InChI is InChI=1S/C31H39Cl2N7O/c1-2-13-38-17-18-40(19-23(38)8-12-34)29-24-9-16-39(27-7-5-6-25(32)28(27)33)20-26(24)35-30(36-29)41-22-31(10-11-31)21-37-14-3-4-15-37/h2,5-7,13,23H,3-4,8-11,14-22H2,1H3. The summed E-state index contributed by atoms with van der Waals surface area (Å²) >= 11 is 13.0. The van der Waals surface area contributed by atoms with Crippen LogP contribution in [0, 0.1) is 16.7 Å². The minimum atomic E-state index is 0.112. The van der Waals surface area contributed by atoms with Crippen molar-refractivity contribution in [3.05, 3.63) is 51.8 Å². The van der Waals surface area contributed by atoms with Crippen LogP contribution in [-0.4, -0.2) is 78.2 Å². The fourth-order valence-corrected chi connectivity index (χ4v) is 6.97. The highest BCUT2D eigenvalue weighted by molar-refractivity contribution is 6.43. The Morgan fingerprint density at radius 3 is 2.68 bits per heavy atom. The summed E-state index contributed by atoms with van der Waals surface area (Å²) in [6.45, 7) is 10.00. The Balaban J connectivity index is 1.28. The lowest BCUT2D eigenvalue weighted by Gasteiger charge is -2.42. The van der Waals surface area contributed by atoms with Crippen LogP contribution >= 0.6 is 23.2 Å². The van der Waals surface area contributed by atoms with E-state index < -0.39 is 0 Å². The number of likely N-dealkylation sites (tertiary alicyclic amines) is 1. The third kappa shape index (κ3) is 6.23. The Hall–Kier alpha value is -2.73. The van der Waals surface area contributed by atoms with E-state index in [1.807, 2.05) is 31.2 Å². The topological polar surface area (TPSA) is 71.8 Å². The van der Waals surface area contributed by atoms with Crippen LogP contribution in [-0.2, 0) is 13.0 Å². The highest BCUT2D eigenvalue weighted by Crippen LogP contribution is 2.47. The van der Waals surface area contributed by atoms with E-state index in [2.05, 4.69) is 31.9 Å². The number of benzene rings is 1. The average Bonchev–Trinajstić information content (AvgIpc) is 3.55. The van der Waals surface area contributed by atoms with Gasteiger partial charge in [0.05, 0.1) is 53.1 Å². The van der Waals surface area contributed by atoms with Crippen LogP contribution in [0.4, 0.5) is 11.5 Å². The van der Waals surface area contributed by atoms with Gasteiger partial charge >= 0.3 is 6.01 Å². The number of nitriles is 1. The maximum absolute atomic E-state index is 9.54. The van der Waals surface area contributed by atoms with Gasteiger partial charge in [0.25, 0.3) is 0 Å². The van der Waals surface area contributed by atoms with Crippen molar-refractivity contribution < 1.29 is 4.74 Å². The molecule has 4 heterocycles. The summed E-state index contributed by atoms with van der Waals surface area (Å²) in [5, 5.41) is 10.7. The summed E-state index contributed by atoms with van der Waals surface area (Å²) in [6.07, 6.45) is 10.4. The van der Waals surface area contributed by atoms with Crippen LogP contribution < -0.4 is 14.5 Å². The number of halogens is 2. The maximum Gasteiger partial charge on any atom is 0.318 e. The van der Waals surface area contributed by atoms with E-state index in [1.54, 1.807) is 0 Å². The number of ether oxygens (including phenoxy) is 1. The van der Waals surface area contributed by atoms with E-state index in [-0.39, 0.29) is 11.5 Å². The molecule has 1 saturated carbocycles. The first-order valence-corrected chi connectivity index (χ1v) is 15.7. The van der Waals surface area contributed by atoms with Gasteiger partial charge in [0.1, 0.15) is 5.82 Å². The lowest BCUT2D eigenvalue weighted by atomic mass is 10.0. The van der Waals surface area contributed by atoms with Crippen molar-refractivity contribution in [1.82, 2.24) is 19.8 Å². The molecular weight excluding hydrogens is 557 g/mol. The molecular formula is C31H39Cl2N7O. The first kappa shape index (κ1) is 28.4. The molecule has 3 fully saturated rings. The quantitative estimate of drug-likeness (QED) is 0.374. The third-order valence-corrected chi connectivity index (χ3v) is 9.82. The molecule has 218 valence electrons. The van der Waals surface area contributed by atoms with Crippen LogP contribution in [0.25, 0.3) is 0 Å². The SMILES string of the molecule is CC=CN1CCN(c2nc(OCC3(CN4CCCC4)CC3)nc3c2CCN(c2cccc(Cl)c2Cl)C3)CC1CC#N. The predicted octanol–water partition coefficient (Wildman–Crippen LogP) is 5.54. The molecule has 0 N–H and O–H groups in total. The number of anilines is 2. The van der Waals surface area contributed by atoms with E-state index in [1.165, 1.54) is 44.3 Å². The van der Waals surface area contributed by atoms with Crippen LogP contribution in [0.5, 0.6) is 6.01 Å². The molecule has 8 nitrogen and oxygen atoms in total. The van der Waals surface area contributed by atoms with Gasteiger partial charge in [-0.2, -0.15) is 15.2 Å². The summed E-state index contributed by atoms with van der Waals surface area (Å²) in [5.41, 5.74) is 3.29. The molecule has 4 aliphatic rings. The van der Waals surface area contributed by atoms with E-state index in [0.29, 0.717) is 35.6 Å². The van der Waals surface area contributed by atoms with Gasteiger partial charge in [-0.25, -0.2) is 0 Å². The number of rotatable bonds is 9. The average molecular weight is 597 g/mol. The molecule has 0 amide bonds. The molecule has 1 atom stereocenters. The van der Waals surface area contributed by atoms with Crippen LogP contribution in [0.15, 0.2) is 30.5 Å². The number of aromatic nitrogens is 2.